The molecule has 2 aliphatic rings. The van der Waals surface area contributed by atoms with Crippen LogP contribution in [0.1, 0.15) is 25.2 Å². The van der Waals surface area contributed by atoms with Crippen LogP contribution in [-0.2, 0) is 35.4 Å². The maximum atomic E-state index is 13.2. The molecule has 0 unspecified atom stereocenters. The van der Waals surface area contributed by atoms with Crippen LogP contribution >= 0.6 is 23.1 Å². The van der Waals surface area contributed by atoms with E-state index in [1.807, 2.05) is 0 Å². The molecule has 4 heterocycles. The van der Waals surface area contributed by atoms with Crippen LogP contribution in [0.3, 0.4) is 0 Å². The molecule has 1 fully saturated rings. The quantitative estimate of drug-likeness (QED) is 0.0936. The number of aliphatic carboxylic acids is 2. The predicted octanol–water partition coefficient (Wildman–Crippen LogP) is -0.173. The molecule has 2 aromatic heterocycles. The van der Waals surface area contributed by atoms with Crippen molar-refractivity contribution in [1.29, 1.82) is 0 Å². The maximum absolute atomic E-state index is 13.2. The summed E-state index contributed by atoms with van der Waals surface area (Å²) in [6.07, 6.45) is 4.40. The number of oxime groups is 1. The number of β-lactam (4-membered cyclic amide) rings is 1. The fraction of sp³-hybridized carbons (Fsp3) is 0.280. The zero-order valence-electron chi connectivity index (χ0n) is 22.4. The highest BCUT2D eigenvalue weighted by Gasteiger charge is 2.54. The number of carbonyl (C=O) groups is 5. The lowest BCUT2D eigenvalue weighted by Gasteiger charge is -2.49. The number of carboxylic acid groups (broad SMARTS) is 2. The SMILES string of the molecule is CC(C)(O/N=C(\C(=O)N[C@@H]1C(=O)N2C(C(=O)O)=C(C=Cc3cc(=O)c(O)cn3CC=O)CS[C@H]12)c1csc(N)n1)C(=O)O. The van der Waals surface area contributed by atoms with Crippen molar-refractivity contribution in [3.05, 3.63) is 56.6 Å². The smallest absolute Gasteiger partial charge is 0.352 e. The van der Waals surface area contributed by atoms with Gasteiger partial charge in [0.2, 0.25) is 11.0 Å². The molecule has 0 spiro atoms. The van der Waals surface area contributed by atoms with Gasteiger partial charge in [0.15, 0.2) is 16.6 Å². The second-order valence-electron chi connectivity index (χ2n) is 9.56. The number of thioether (sulfide) groups is 1. The van der Waals surface area contributed by atoms with Crippen LogP contribution in [-0.4, -0.2) is 88.3 Å². The predicted molar refractivity (Wildman–Crippen MR) is 153 cm³/mol. The molecule has 2 aliphatic heterocycles. The first-order valence-corrected chi connectivity index (χ1v) is 14.2. The topological polar surface area (TPSA) is 244 Å². The van der Waals surface area contributed by atoms with Crippen LogP contribution in [0.25, 0.3) is 6.08 Å². The van der Waals surface area contributed by atoms with Gasteiger partial charge in [-0.2, -0.15) is 0 Å². The number of nitrogen functional groups attached to an aromatic ring is 1. The first kappa shape index (κ1) is 31.0. The number of allylic oxidation sites excluding steroid dienone is 1. The number of nitrogens with zero attached hydrogens (tertiary/aromatic N) is 4. The Morgan fingerprint density at radius 1 is 1.28 bits per heavy atom. The Bertz CT molecular complexity index is 1670. The van der Waals surface area contributed by atoms with E-state index < -0.39 is 57.7 Å². The fourth-order valence-electron chi connectivity index (χ4n) is 3.93. The number of amides is 2. The van der Waals surface area contributed by atoms with Gasteiger partial charge in [0, 0.05) is 22.9 Å². The Morgan fingerprint density at radius 2 is 2.00 bits per heavy atom. The summed E-state index contributed by atoms with van der Waals surface area (Å²) in [6, 6.07) is -0.0906. The number of pyridine rings is 1. The van der Waals surface area contributed by atoms with Gasteiger partial charge in [0.1, 0.15) is 29.1 Å². The van der Waals surface area contributed by atoms with Crippen molar-refractivity contribution in [1.82, 2.24) is 19.8 Å². The molecular formula is C25H24N6O10S2. The lowest BCUT2D eigenvalue weighted by Crippen LogP contribution is -2.71. The third-order valence-electron chi connectivity index (χ3n) is 6.21. The first-order valence-electron chi connectivity index (χ1n) is 12.2. The van der Waals surface area contributed by atoms with Crippen LogP contribution in [0, 0.1) is 0 Å². The molecule has 2 aromatic rings. The number of carbonyl (C=O) groups excluding carboxylic acids is 3. The maximum Gasteiger partial charge on any atom is 0.352 e. The number of nitrogens with one attached hydrogen (secondary N) is 1. The van der Waals surface area contributed by atoms with Crippen molar-refractivity contribution in [3.8, 4) is 5.75 Å². The molecule has 1 saturated heterocycles. The standard InChI is InChI=1S/C25H24N6O10S2/c1-25(2,23(39)40)41-29-16(13-10-43-24(26)27-13)19(35)28-17-20(36)31-18(22(37)38)11(9-42-21(17)31)3-4-12-7-14(33)15(34)8-30(12)5-6-32/h3-4,6-8,10,17,21,34H,5,9H2,1-2H3,(H2,26,27)(H,28,35)(H,37,38)(H,39,40)/b4-3?,29-16-/t17-,21-/m1/s1. The van der Waals surface area contributed by atoms with Crippen molar-refractivity contribution < 1.29 is 44.1 Å². The average molecular weight is 633 g/mol. The third-order valence-corrected chi connectivity index (χ3v) is 8.19. The van der Waals surface area contributed by atoms with Gasteiger partial charge < -0.3 is 40.6 Å². The van der Waals surface area contributed by atoms with Gasteiger partial charge in [0.05, 0.1) is 12.7 Å². The van der Waals surface area contributed by atoms with E-state index in [1.165, 1.54) is 35.9 Å². The summed E-state index contributed by atoms with van der Waals surface area (Å²) in [5.41, 5.74) is 2.77. The summed E-state index contributed by atoms with van der Waals surface area (Å²) in [4.78, 5) is 83.0. The van der Waals surface area contributed by atoms with E-state index >= 15 is 0 Å². The zero-order valence-corrected chi connectivity index (χ0v) is 24.0. The molecule has 2 atom stereocenters. The lowest BCUT2D eigenvalue weighted by atomic mass is 10.0. The Hall–Kier alpha value is -4.97. The van der Waals surface area contributed by atoms with Gasteiger partial charge in [-0.1, -0.05) is 11.2 Å². The van der Waals surface area contributed by atoms with Gasteiger partial charge in [0.25, 0.3) is 11.8 Å². The number of carboxylic acids is 2. The van der Waals surface area contributed by atoms with Crippen LogP contribution in [0.4, 0.5) is 5.13 Å². The number of rotatable bonds is 11. The average Bonchev–Trinajstić information content (AvgIpc) is 3.37. The van der Waals surface area contributed by atoms with E-state index in [0.717, 1.165) is 40.3 Å². The number of aldehydes is 1. The number of anilines is 1. The fourth-order valence-corrected chi connectivity index (χ4v) is 5.79. The van der Waals surface area contributed by atoms with E-state index in [1.54, 1.807) is 0 Å². The van der Waals surface area contributed by atoms with Crippen LogP contribution in [0.15, 0.2) is 44.9 Å². The number of hydrogen-bond acceptors (Lipinski definition) is 13. The highest BCUT2D eigenvalue weighted by Crippen LogP contribution is 2.41. The second kappa shape index (κ2) is 12.1. The van der Waals surface area contributed by atoms with E-state index in [-0.39, 0.29) is 40.1 Å². The normalized spacial score (nSPS) is 18.7. The monoisotopic (exact) mass is 632 g/mol. The van der Waals surface area contributed by atoms with Crippen molar-refractivity contribution in [3.63, 3.8) is 0 Å². The summed E-state index contributed by atoms with van der Waals surface area (Å²) < 4.78 is 1.29. The van der Waals surface area contributed by atoms with Crippen molar-refractivity contribution in [2.45, 2.75) is 37.4 Å². The third kappa shape index (κ3) is 6.28. The molecule has 226 valence electrons. The summed E-state index contributed by atoms with van der Waals surface area (Å²) in [6.45, 7) is 2.24. The zero-order chi connectivity index (χ0) is 31.6. The molecule has 2 amide bonds. The number of thiazole rings is 1. The van der Waals surface area contributed by atoms with E-state index in [2.05, 4.69) is 15.5 Å². The van der Waals surface area contributed by atoms with Crippen LogP contribution in [0.2, 0.25) is 0 Å². The minimum Gasteiger partial charge on any atom is -0.503 e. The van der Waals surface area contributed by atoms with Gasteiger partial charge in [-0.15, -0.1) is 23.1 Å². The minimum absolute atomic E-state index is 0.0260. The molecule has 0 aromatic carbocycles. The molecule has 0 saturated carbocycles. The van der Waals surface area contributed by atoms with Crippen molar-refractivity contribution >= 4 is 70.1 Å². The largest absolute Gasteiger partial charge is 0.503 e. The molecule has 0 radical (unpaired) electrons. The van der Waals surface area contributed by atoms with E-state index in [9.17, 15) is 44.1 Å². The van der Waals surface area contributed by atoms with Gasteiger partial charge in [-0.25, -0.2) is 14.6 Å². The molecule has 16 nitrogen and oxygen atoms in total. The summed E-state index contributed by atoms with van der Waals surface area (Å²) in [7, 11) is 0. The second-order valence-corrected chi connectivity index (χ2v) is 11.6. The Labute approximate surface area is 250 Å². The summed E-state index contributed by atoms with van der Waals surface area (Å²) in [5.74, 6) is -4.91. The molecule has 4 rings (SSSR count). The lowest BCUT2D eigenvalue weighted by molar-refractivity contribution is -0.161. The van der Waals surface area contributed by atoms with Crippen molar-refractivity contribution in [2.24, 2.45) is 5.16 Å². The molecule has 0 aliphatic carbocycles. The number of nitrogens with two attached hydrogens (primary N) is 1. The molecule has 0 bridgehead atoms. The number of aromatic nitrogens is 2. The van der Waals surface area contributed by atoms with Crippen molar-refractivity contribution in [2.75, 3.05) is 11.5 Å². The van der Waals surface area contributed by atoms with Gasteiger partial charge >= 0.3 is 11.9 Å². The summed E-state index contributed by atoms with van der Waals surface area (Å²) >= 11 is 2.14. The highest BCUT2D eigenvalue weighted by molar-refractivity contribution is 8.00. The molecule has 43 heavy (non-hydrogen) atoms. The van der Waals surface area contributed by atoms with Crippen LogP contribution in [0.5, 0.6) is 5.75 Å². The van der Waals surface area contributed by atoms with Crippen LogP contribution < -0.4 is 16.5 Å². The molecule has 6 N–H and O–H groups in total. The van der Waals surface area contributed by atoms with E-state index in [4.69, 9.17) is 10.6 Å². The molecule has 18 heteroatoms. The van der Waals surface area contributed by atoms with Gasteiger partial charge in [-0.3, -0.25) is 19.3 Å². The number of hydrogen-bond donors (Lipinski definition) is 5. The van der Waals surface area contributed by atoms with E-state index in [0.29, 0.717) is 6.29 Å². The first-order chi connectivity index (χ1) is 20.2. The minimum atomic E-state index is -1.80. The Morgan fingerprint density at radius 3 is 2.60 bits per heavy atom. The highest BCUT2D eigenvalue weighted by atomic mass is 32.2. The summed E-state index contributed by atoms with van der Waals surface area (Å²) in [5, 5.41) is 35.8. The van der Waals surface area contributed by atoms with Gasteiger partial charge in [-0.05, 0) is 25.5 Å². The Kier molecular flexibility index (Phi) is 8.72. The Balaban J connectivity index is 1.59. The molecular weight excluding hydrogens is 608 g/mol. The number of aromatic hydroxyl groups is 1. The number of fused-ring (bicyclic) bond motifs is 1.